The van der Waals surface area contributed by atoms with Crippen molar-refractivity contribution in [2.75, 3.05) is 20.0 Å². The third-order valence-electron chi connectivity index (χ3n) is 2.71. The van der Waals surface area contributed by atoms with Gasteiger partial charge in [0.15, 0.2) is 0 Å². The van der Waals surface area contributed by atoms with Crippen LogP contribution < -0.4 is 20.9 Å². The second kappa shape index (κ2) is 5.43. The summed E-state index contributed by atoms with van der Waals surface area (Å²) in [5, 5.41) is 0. The Bertz CT molecular complexity index is 658. The Morgan fingerprint density at radius 2 is 1.85 bits per heavy atom. The first-order chi connectivity index (χ1) is 9.58. The Morgan fingerprint density at radius 1 is 1.15 bits per heavy atom. The number of methoxy groups -OCH3 is 2. The predicted molar refractivity (Wildman–Crippen MR) is 73.5 cm³/mol. The van der Waals surface area contributed by atoms with Gasteiger partial charge in [-0.1, -0.05) is 18.2 Å². The summed E-state index contributed by atoms with van der Waals surface area (Å²) >= 11 is 0. The number of hydrogen-bond donors (Lipinski definition) is 2. The van der Waals surface area contributed by atoms with Gasteiger partial charge in [0.25, 0.3) is 0 Å². The summed E-state index contributed by atoms with van der Waals surface area (Å²) in [7, 11) is 2.86. The van der Waals surface area contributed by atoms with Gasteiger partial charge in [-0.15, -0.1) is 0 Å². The van der Waals surface area contributed by atoms with Crippen molar-refractivity contribution in [1.82, 2.24) is 9.97 Å². The molecule has 0 spiro atoms. The summed E-state index contributed by atoms with van der Waals surface area (Å²) in [4.78, 5) is 19.6. The number of nitrogens with two attached hydrogens (primary N) is 2. The number of aromatic nitrogens is 2. The fourth-order valence-electron chi connectivity index (χ4n) is 1.79. The molecule has 0 aliphatic heterocycles. The van der Waals surface area contributed by atoms with E-state index in [9.17, 15) is 4.79 Å². The molecule has 0 radical (unpaired) electrons. The summed E-state index contributed by atoms with van der Waals surface area (Å²) in [5.74, 6) is -0.400. The molecular weight excluding hydrogens is 260 g/mol. The molecule has 1 aromatic carbocycles. The minimum absolute atomic E-state index is 0.0883. The van der Waals surface area contributed by atoms with Gasteiger partial charge in [-0.25, -0.2) is 0 Å². The minimum Gasteiger partial charge on any atom is -0.479 e. The second-order valence-corrected chi connectivity index (χ2v) is 3.89. The molecule has 0 saturated carbocycles. The summed E-state index contributed by atoms with van der Waals surface area (Å²) in [5.41, 5.74) is 12.7. The number of primary amides is 1. The number of carbonyl (C=O) groups excluding carboxylic acids is 1. The van der Waals surface area contributed by atoms with Crippen LogP contribution in [0.4, 0.5) is 5.69 Å². The first-order valence-corrected chi connectivity index (χ1v) is 5.73. The Hall–Kier alpha value is -2.83. The number of ether oxygens (including phenoxy) is 2. The van der Waals surface area contributed by atoms with Crippen LogP contribution in [0.1, 0.15) is 10.4 Å². The quantitative estimate of drug-likeness (QED) is 0.854. The zero-order valence-corrected chi connectivity index (χ0v) is 11.1. The highest BCUT2D eigenvalue weighted by molar-refractivity contribution is 6.00. The molecule has 1 aromatic heterocycles. The van der Waals surface area contributed by atoms with Gasteiger partial charge >= 0.3 is 6.01 Å². The van der Waals surface area contributed by atoms with E-state index in [1.54, 1.807) is 24.3 Å². The fourth-order valence-corrected chi connectivity index (χ4v) is 1.79. The molecule has 0 saturated heterocycles. The number of amides is 1. The van der Waals surface area contributed by atoms with E-state index in [-0.39, 0.29) is 17.6 Å². The lowest BCUT2D eigenvalue weighted by atomic mass is 10.0. The molecule has 104 valence electrons. The van der Waals surface area contributed by atoms with E-state index in [2.05, 4.69) is 9.97 Å². The Kier molecular flexibility index (Phi) is 3.69. The smallest absolute Gasteiger partial charge is 0.320 e. The van der Waals surface area contributed by atoms with E-state index >= 15 is 0 Å². The minimum atomic E-state index is -0.573. The number of rotatable bonds is 4. The van der Waals surface area contributed by atoms with Crippen LogP contribution in [0.3, 0.4) is 0 Å². The lowest BCUT2D eigenvalue weighted by Crippen LogP contribution is -2.13. The maximum Gasteiger partial charge on any atom is 0.320 e. The Morgan fingerprint density at radius 3 is 2.45 bits per heavy atom. The van der Waals surface area contributed by atoms with Crippen LogP contribution in [-0.4, -0.2) is 30.1 Å². The number of benzene rings is 1. The van der Waals surface area contributed by atoms with Crippen molar-refractivity contribution in [1.29, 1.82) is 0 Å². The highest BCUT2D eigenvalue weighted by atomic mass is 16.5. The molecule has 0 aliphatic carbocycles. The second-order valence-electron chi connectivity index (χ2n) is 3.89. The van der Waals surface area contributed by atoms with Crippen LogP contribution in [0, 0.1) is 0 Å². The molecule has 0 fully saturated rings. The summed E-state index contributed by atoms with van der Waals surface area (Å²) in [6.07, 6.45) is 0. The zero-order valence-electron chi connectivity index (χ0n) is 11.1. The lowest BCUT2D eigenvalue weighted by molar-refractivity contribution is 0.100. The first-order valence-electron chi connectivity index (χ1n) is 5.73. The molecule has 0 aliphatic rings. The van der Waals surface area contributed by atoms with Gasteiger partial charge in [-0.05, 0) is 6.07 Å². The molecule has 2 rings (SSSR count). The molecule has 0 bridgehead atoms. The third kappa shape index (κ3) is 2.33. The van der Waals surface area contributed by atoms with Gasteiger partial charge in [0.05, 0.1) is 14.2 Å². The van der Waals surface area contributed by atoms with E-state index in [0.29, 0.717) is 16.8 Å². The topological polar surface area (TPSA) is 113 Å². The van der Waals surface area contributed by atoms with Crippen molar-refractivity contribution in [3.63, 3.8) is 0 Å². The molecule has 7 heteroatoms. The normalized spacial score (nSPS) is 10.1. The predicted octanol–water partition coefficient (Wildman–Crippen LogP) is 0.842. The van der Waals surface area contributed by atoms with Gasteiger partial charge < -0.3 is 20.9 Å². The fraction of sp³-hybridized carbons (Fsp3) is 0.154. The van der Waals surface area contributed by atoms with Gasteiger partial charge in [-0.2, -0.15) is 9.97 Å². The number of carbonyl (C=O) groups is 1. The van der Waals surface area contributed by atoms with E-state index in [0.717, 1.165) is 0 Å². The zero-order chi connectivity index (χ0) is 14.7. The number of nitrogen functional groups attached to an aromatic ring is 1. The molecule has 1 heterocycles. The molecule has 20 heavy (non-hydrogen) atoms. The maximum absolute atomic E-state index is 11.5. The van der Waals surface area contributed by atoms with Gasteiger partial charge in [-0.3, -0.25) is 4.79 Å². The van der Waals surface area contributed by atoms with Gasteiger partial charge in [0.1, 0.15) is 11.4 Å². The molecule has 4 N–H and O–H groups in total. The van der Waals surface area contributed by atoms with Crippen LogP contribution in [0.25, 0.3) is 11.3 Å². The monoisotopic (exact) mass is 274 g/mol. The van der Waals surface area contributed by atoms with Crippen LogP contribution in [-0.2, 0) is 0 Å². The molecular formula is C13H14N4O3. The van der Waals surface area contributed by atoms with Crippen molar-refractivity contribution >= 4 is 11.6 Å². The van der Waals surface area contributed by atoms with Crippen molar-refractivity contribution in [2.45, 2.75) is 0 Å². The summed E-state index contributed by atoms with van der Waals surface area (Å²) in [6.45, 7) is 0. The molecule has 1 amide bonds. The van der Waals surface area contributed by atoms with Crippen LogP contribution in [0.15, 0.2) is 24.3 Å². The Labute approximate surface area is 115 Å². The lowest BCUT2D eigenvalue weighted by Gasteiger charge is -2.12. The first kappa shape index (κ1) is 13.6. The van der Waals surface area contributed by atoms with E-state index in [1.165, 1.54) is 14.2 Å². The average Bonchev–Trinajstić information content (AvgIpc) is 2.47. The molecule has 0 atom stereocenters. The number of hydrogen-bond acceptors (Lipinski definition) is 6. The maximum atomic E-state index is 11.5. The third-order valence-corrected chi connectivity index (χ3v) is 2.71. The largest absolute Gasteiger partial charge is 0.479 e. The molecule has 2 aromatic rings. The number of nitrogens with zero attached hydrogens (tertiary/aromatic N) is 2. The van der Waals surface area contributed by atoms with E-state index < -0.39 is 5.91 Å². The molecule has 0 unspecified atom stereocenters. The SMILES string of the molecule is COc1nc(OC)c(N)c(-c2ccccc2C(N)=O)n1. The highest BCUT2D eigenvalue weighted by Gasteiger charge is 2.18. The van der Waals surface area contributed by atoms with Crippen LogP contribution in [0.2, 0.25) is 0 Å². The van der Waals surface area contributed by atoms with Crippen LogP contribution >= 0.6 is 0 Å². The van der Waals surface area contributed by atoms with E-state index in [4.69, 9.17) is 20.9 Å². The molecule has 7 nitrogen and oxygen atoms in total. The Balaban J connectivity index is 2.72. The van der Waals surface area contributed by atoms with E-state index in [1.807, 2.05) is 0 Å². The average molecular weight is 274 g/mol. The van der Waals surface area contributed by atoms with Crippen LogP contribution in [0.5, 0.6) is 11.9 Å². The summed E-state index contributed by atoms with van der Waals surface area (Å²) in [6, 6.07) is 6.83. The van der Waals surface area contributed by atoms with Gasteiger partial charge in [0.2, 0.25) is 11.8 Å². The number of anilines is 1. The van der Waals surface area contributed by atoms with Crippen molar-refractivity contribution in [3.8, 4) is 23.1 Å². The highest BCUT2D eigenvalue weighted by Crippen LogP contribution is 2.33. The van der Waals surface area contributed by atoms with Gasteiger partial charge in [0, 0.05) is 11.1 Å². The standard InChI is InChI=1S/C13H14N4O3/c1-19-12-9(14)10(16-13(17-12)20-2)7-5-3-4-6-8(7)11(15)18/h3-6H,14H2,1-2H3,(H2,15,18). The summed E-state index contributed by atoms with van der Waals surface area (Å²) < 4.78 is 10.1. The van der Waals surface area contributed by atoms with Crippen molar-refractivity contribution in [2.24, 2.45) is 5.73 Å². The van der Waals surface area contributed by atoms with Crippen molar-refractivity contribution < 1.29 is 14.3 Å². The van der Waals surface area contributed by atoms with Crippen molar-refractivity contribution in [3.05, 3.63) is 29.8 Å².